The first kappa shape index (κ1) is 18.0. The van der Waals surface area contributed by atoms with Crippen LogP contribution < -0.4 is 5.32 Å². The fourth-order valence-electron chi connectivity index (χ4n) is 4.60. The number of likely N-dealkylation sites (tertiary alicyclic amines) is 1. The Labute approximate surface area is 146 Å². The number of carbonyl (C=O) groups is 1. The summed E-state index contributed by atoms with van der Waals surface area (Å²) in [5.74, 6) is 0.617. The van der Waals surface area contributed by atoms with E-state index in [9.17, 15) is 9.90 Å². The fraction of sp³-hybridized carbons (Fsp3) is 0.947. The summed E-state index contributed by atoms with van der Waals surface area (Å²) in [5.41, 5.74) is -0.815. The lowest BCUT2D eigenvalue weighted by atomic mass is 9.77. The van der Waals surface area contributed by atoms with Gasteiger partial charge in [-0.25, -0.2) is 4.79 Å². The van der Waals surface area contributed by atoms with Gasteiger partial charge in [-0.15, -0.1) is 0 Å². The van der Waals surface area contributed by atoms with Crippen LogP contribution >= 0.6 is 0 Å². The van der Waals surface area contributed by atoms with Crippen molar-refractivity contribution in [3.05, 3.63) is 0 Å². The molecule has 3 unspecified atom stereocenters. The summed E-state index contributed by atoms with van der Waals surface area (Å²) in [4.78, 5) is 14.5. The van der Waals surface area contributed by atoms with Crippen molar-refractivity contribution in [3.8, 4) is 0 Å². The number of rotatable bonds is 5. The molecule has 2 aliphatic carbocycles. The van der Waals surface area contributed by atoms with Gasteiger partial charge in [0, 0.05) is 12.6 Å². The zero-order valence-corrected chi connectivity index (χ0v) is 15.5. The largest absolute Gasteiger partial charge is 0.444 e. The monoisotopic (exact) mass is 338 g/mol. The van der Waals surface area contributed by atoms with Crippen molar-refractivity contribution < 1.29 is 14.6 Å². The SMILES string of the molecule is CC(C)(C)OC(=O)N1CCC2CCC(NCCCC3(O)CCC3)C21. The van der Waals surface area contributed by atoms with Gasteiger partial charge in [-0.1, -0.05) is 0 Å². The number of fused-ring (bicyclic) bond motifs is 1. The Kier molecular flexibility index (Phi) is 5.12. The quantitative estimate of drug-likeness (QED) is 0.756. The average Bonchev–Trinajstić information content (AvgIpc) is 3.01. The highest BCUT2D eigenvalue weighted by Crippen LogP contribution is 2.39. The van der Waals surface area contributed by atoms with Crippen LogP contribution in [-0.2, 0) is 4.74 Å². The van der Waals surface area contributed by atoms with Gasteiger partial charge in [0.2, 0.25) is 0 Å². The number of nitrogens with one attached hydrogen (secondary N) is 1. The number of hydrogen-bond donors (Lipinski definition) is 2. The maximum atomic E-state index is 12.5. The van der Waals surface area contributed by atoms with Crippen LogP contribution in [0, 0.1) is 5.92 Å². The van der Waals surface area contributed by atoms with Crippen molar-refractivity contribution in [2.75, 3.05) is 13.1 Å². The predicted molar refractivity (Wildman–Crippen MR) is 93.9 cm³/mol. The number of carbonyl (C=O) groups excluding carboxylic acids is 1. The van der Waals surface area contributed by atoms with E-state index in [2.05, 4.69) is 5.32 Å². The lowest BCUT2D eigenvalue weighted by Crippen LogP contribution is -2.49. The van der Waals surface area contributed by atoms with E-state index < -0.39 is 5.60 Å². The van der Waals surface area contributed by atoms with Crippen LogP contribution in [-0.4, -0.2) is 52.5 Å². The third-order valence-corrected chi connectivity index (χ3v) is 5.98. The minimum atomic E-state index is -0.436. The van der Waals surface area contributed by atoms with Crippen LogP contribution in [0.1, 0.15) is 72.1 Å². The molecule has 138 valence electrons. The van der Waals surface area contributed by atoms with Gasteiger partial charge >= 0.3 is 6.09 Å². The molecule has 0 spiro atoms. The Bertz CT molecular complexity index is 456. The second-order valence-corrected chi connectivity index (χ2v) is 9.03. The number of hydrogen-bond acceptors (Lipinski definition) is 4. The summed E-state index contributed by atoms with van der Waals surface area (Å²) in [6, 6.07) is 0.660. The van der Waals surface area contributed by atoms with Crippen LogP contribution in [0.25, 0.3) is 0 Å². The number of aliphatic hydroxyl groups is 1. The van der Waals surface area contributed by atoms with Crippen LogP contribution in [0.4, 0.5) is 4.79 Å². The highest BCUT2D eigenvalue weighted by atomic mass is 16.6. The van der Waals surface area contributed by atoms with E-state index in [0.717, 1.165) is 51.6 Å². The molecule has 5 heteroatoms. The first-order valence-electron chi connectivity index (χ1n) is 9.73. The number of nitrogens with zero attached hydrogens (tertiary/aromatic N) is 1. The van der Waals surface area contributed by atoms with Crippen molar-refractivity contribution in [2.45, 2.75) is 95.4 Å². The zero-order chi connectivity index (χ0) is 17.4. The summed E-state index contributed by atoms with van der Waals surface area (Å²) < 4.78 is 5.60. The van der Waals surface area contributed by atoms with Crippen molar-refractivity contribution >= 4 is 6.09 Å². The van der Waals surface area contributed by atoms with E-state index in [0.29, 0.717) is 12.0 Å². The molecule has 1 amide bonds. The second-order valence-electron chi connectivity index (χ2n) is 9.03. The summed E-state index contributed by atoms with van der Waals surface area (Å²) >= 11 is 0. The average molecular weight is 338 g/mol. The minimum absolute atomic E-state index is 0.160. The van der Waals surface area contributed by atoms with Gasteiger partial charge in [0.15, 0.2) is 0 Å². The van der Waals surface area contributed by atoms with Crippen molar-refractivity contribution in [3.63, 3.8) is 0 Å². The van der Waals surface area contributed by atoms with E-state index in [1.165, 1.54) is 12.8 Å². The van der Waals surface area contributed by atoms with Crippen LogP contribution in [0.2, 0.25) is 0 Å². The molecule has 5 nitrogen and oxygen atoms in total. The highest BCUT2D eigenvalue weighted by Gasteiger charge is 2.47. The normalized spacial score (nSPS) is 31.7. The van der Waals surface area contributed by atoms with E-state index in [1.807, 2.05) is 25.7 Å². The predicted octanol–water partition coefficient (Wildman–Crippen LogP) is 3.06. The number of amides is 1. The molecule has 3 fully saturated rings. The maximum absolute atomic E-state index is 12.5. The lowest BCUT2D eigenvalue weighted by molar-refractivity contribution is -0.0415. The minimum Gasteiger partial charge on any atom is -0.444 e. The zero-order valence-electron chi connectivity index (χ0n) is 15.5. The molecule has 1 aliphatic heterocycles. The third kappa shape index (κ3) is 4.05. The molecule has 3 rings (SSSR count). The summed E-state index contributed by atoms with van der Waals surface area (Å²) in [6.07, 6.45) is 8.29. The van der Waals surface area contributed by atoms with Crippen LogP contribution in [0.15, 0.2) is 0 Å². The van der Waals surface area contributed by atoms with Gasteiger partial charge in [-0.2, -0.15) is 0 Å². The molecule has 0 aromatic heterocycles. The van der Waals surface area contributed by atoms with Gasteiger partial charge < -0.3 is 20.1 Å². The third-order valence-electron chi connectivity index (χ3n) is 5.98. The Morgan fingerprint density at radius 3 is 2.67 bits per heavy atom. The Morgan fingerprint density at radius 2 is 2.04 bits per heavy atom. The second kappa shape index (κ2) is 6.83. The van der Waals surface area contributed by atoms with Gasteiger partial charge in [0.05, 0.1) is 11.6 Å². The Balaban J connectivity index is 1.48. The van der Waals surface area contributed by atoms with Crippen LogP contribution in [0.3, 0.4) is 0 Å². The lowest BCUT2D eigenvalue weighted by Gasteiger charge is -2.37. The molecule has 0 aromatic carbocycles. The van der Waals surface area contributed by atoms with Gasteiger partial charge in [-0.05, 0) is 84.6 Å². The van der Waals surface area contributed by atoms with Crippen molar-refractivity contribution in [2.24, 2.45) is 5.92 Å². The Morgan fingerprint density at radius 1 is 1.29 bits per heavy atom. The topological polar surface area (TPSA) is 61.8 Å². The van der Waals surface area contributed by atoms with Crippen molar-refractivity contribution in [1.82, 2.24) is 10.2 Å². The van der Waals surface area contributed by atoms with Crippen molar-refractivity contribution in [1.29, 1.82) is 0 Å². The molecule has 1 heterocycles. The van der Waals surface area contributed by atoms with E-state index >= 15 is 0 Å². The van der Waals surface area contributed by atoms with Gasteiger partial charge in [0.25, 0.3) is 0 Å². The molecular formula is C19H34N2O3. The summed E-state index contributed by atoms with van der Waals surface area (Å²) in [6.45, 7) is 7.52. The fourth-order valence-corrected chi connectivity index (χ4v) is 4.60. The molecular weight excluding hydrogens is 304 g/mol. The van der Waals surface area contributed by atoms with Crippen LogP contribution in [0.5, 0.6) is 0 Å². The van der Waals surface area contributed by atoms with E-state index in [1.54, 1.807) is 0 Å². The van der Waals surface area contributed by atoms with Gasteiger partial charge in [-0.3, -0.25) is 0 Å². The molecule has 0 bridgehead atoms. The molecule has 2 N–H and O–H groups in total. The smallest absolute Gasteiger partial charge is 0.410 e. The first-order chi connectivity index (χ1) is 11.3. The molecule has 1 saturated heterocycles. The standard InChI is InChI=1S/C19H34N2O3/c1-18(2,3)24-17(22)21-13-8-14-6-7-15(16(14)21)20-12-5-11-19(23)9-4-10-19/h14-16,20,23H,4-13H2,1-3H3. The summed E-state index contributed by atoms with van der Waals surface area (Å²) in [5, 5.41) is 13.8. The molecule has 3 aliphatic rings. The Hall–Kier alpha value is -0.810. The molecule has 24 heavy (non-hydrogen) atoms. The van der Waals surface area contributed by atoms with E-state index in [-0.39, 0.29) is 17.7 Å². The molecule has 3 atom stereocenters. The molecule has 0 radical (unpaired) electrons. The number of ether oxygens (including phenoxy) is 1. The highest BCUT2D eigenvalue weighted by molar-refractivity contribution is 5.69. The van der Waals surface area contributed by atoms with Gasteiger partial charge in [0.1, 0.15) is 5.60 Å². The molecule has 2 saturated carbocycles. The first-order valence-corrected chi connectivity index (χ1v) is 9.73. The maximum Gasteiger partial charge on any atom is 0.410 e. The summed E-state index contributed by atoms with van der Waals surface area (Å²) in [7, 11) is 0. The molecule has 0 aromatic rings. The van der Waals surface area contributed by atoms with E-state index in [4.69, 9.17) is 4.74 Å².